The molecular weight excluding hydrogens is 499 g/mol. The van der Waals surface area contributed by atoms with Gasteiger partial charge in [-0.25, -0.2) is 18.8 Å². The number of carboxylic acids is 2. The second-order valence-electron chi connectivity index (χ2n) is 7.97. The van der Waals surface area contributed by atoms with Gasteiger partial charge < -0.3 is 30.1 Å². The number of benzene rings is 2. The number of urea groups is 1. The molecule has 4 rings (SSSR count). The van der Waals surface area contributed by atoms with Crippen LogP contribution < -0.4 is 10.1 Å². The molecular formula is C26H25FN4O7. The van der Waals surface area contributed by atoms with E-state index >= 15 is 0 Å². The first kappa shape index (κ1) is 27.6. The molecule has 2 heterocycles. The predicted octanol–water partition coefficient (Wildman–Crippen LogP) is 2.95. The Hall–Kier alpha value is -5.00. The van der Waals surface area contributed by atoms with Gasteiger partial charge in [-0.1, -0.05) is 24.3 Å². The van der Waals surface area contributed by atoms with Crippen molar-refractivity contribution in [3.8, 4) is 5.75 Å². The molecule has 0 unspecified atom stereocenters. The summed E-state index contributed by atoms with van der Waals surface area (Å²) in [5.74, 6) is -3.61. The first-order valence-electron chi connectivity index (χ1n) is 11.4. The van der Waals surface area contributed by atoms with E-state index < -0.39 is 11.9 Å². The summed E-state index contributed by atoms with van der Waals surface area (Å²) in [5, 5.41) is 17.6. The number of nitrogens with one attached hydrogen (secondary N) is 1. The minimum atomic E-state index is -1.82. The molecule has 0 atom stereocenters. The SMILES string of the molecule is O=C(Nc1cccnc1)N1CCN(C(=O)c2cccc(OCc3ccccc3F)c2)CC1.O=C(O)C(=O)O. The van der Waals surface area contributed by atoms with E-state index in [4.69, 9.17) is 24.5 Å². The molecule has 0 saturated carbocycles. The van der Waals surface area contributed by atoms with Gasteiger partial charge in [-0.05, 0) is 36.4 Å². The van der Waals surface area contributed by atoms with Crippen LogP contribution in [0.1, 0.15) is 15.9 Å². The largest absolute Gasteiger partial charge is 0.489 e. The van der Waals surface area contributed by atoms with E-state index in [1.807, 2.05) is 0 Å². The van der Waals surface area contributed by atoms with Gasteiger partial charge in [0.05, 0.1) is 11.9 Å². The average molecular weight is 525 g/mol. The van der Waals surface area contributed by atoms with Crippen LogP contribution in [0.25, 0.3) is 0 Å². The third-order valence-electron chi connectivity index (χ3n) is 5.38. The van der Waals surface area contributed by atoms with Gasteiger partial charge in [0.15, 0.2) is 0 Å². The number of aromatic nitrogens is 1. The van der Waals surface area contributed by atoms with E-state index in [0.717, 1.165) is 0 Å². The minimum absolute atomic E-state index is 0.0784. The number of rotatable bonds is 5. The number of piperazine rings is 1. The number of amides is 3. The summed E-state index contributed by atoms with van der Waals surface area (Å²) in [6, 6.07) is 16.6. The van der Waals surface area contributed by atoms with Gasteiger partial charge in [0, 0.05) is 43.5 Å². The number of ether oxygens (including phenoxy) is 1. The van der Waals surface area contributed by atoms with Crippen molar-refractivity contribution in [2.75, 3.05) is 31.5 Å². The van der Waals surface area contributed by atoms with Crippen LogP contribution in [0, 0.1) is 5.82 Å². The van der Waals surface area contributed by atoms with E-state index in [2.05, 4.69) is 10.3 Å². The Bertz CT molecular complexity index is 1270. The highest BCUT2D eigenvalue weighted by molar-refractivity contribution is 6.27. The number of halogens is 1. The van der Waals surface area contributed by atoms with Crippen molar-refractivity contribution in [2.24, 2.45) is 0 Å². The highest BCUT2D eigenvalue weighted by Gasteiger charge is 2.25. The highest BCUT2D eigenvalue weighted by atomic mass is 19.1. The number of carbonyl (C=O) groups excluding carboxylic acids is 2. The molecule has 38 heavy (non-hydrogen) atoms. The van der Waals surface area contributed by atoms with E-state index in [1.54, 1.807) is 76.8 Å². The maximum Gasteiger partial charge on any atom is 0.414 e. The molecule has 1 aliphatic heterocycles. The molecule has 198 valence electrons. The molecule has 1 aromatic heterocycles. The summed E-state index contributed by atoms with van der Waals surface area (Å²) in [7, 11) is 0. The van der Waals surface area contributed by atoms with Gasteiger partial charge in [-0.2, -0.15) is 0 Å². The van der Waals surface area contributed by atoms with Crippen molar-refractivity contribution >= 4 is 29.6 Å². The Morgan fingerprint density at radius 1 is 0.895 bits per heavy atom. The third kappa shape index (κ3) is 8.01. The minimum Gasteiger partial charge on any atom is -0.489 e. The van der Waals surface area contributed by atoms with E-state index in [0.29, 0.717) is 48.7 Å². The Balaban J connectivity index is 0.000000599. The number of nitrogens with zero attached hydrogens (tertiary/aromatic N) is 3. The number of carboxylic acid groups (broad SMARTS) is 2. The number of hydrogen-bond donors (Lipinski definition) is 3. The van der Waals surface area contributed by atoms with E-state index in [9.17, 15) is 14.0 Å². The second kappa shape index (κ2) is 13.3. The Morgan fingerprint density at radius 3 is 2.21 bits per heavy atom. The zero-order valence-electron chi connectivity index (χ0n) is 20.1. The van der Waals surface area contributed by atoms with Crippen LogP contribution in [0.5, 0.6) is 5.75 Å². The molecule has 2 aromatic carbocycles. The first-order chi connectivity index (χ1) is 18.2. The maximum absolute atomic E-state index is 13.8. The summed E-state index contributed by atoms with van der Waals surface area (Å²) in [5.41, 5.74) is 1.57. The van der Waals surface area contributed by atoms with E-state index in [1.165, 1.54) is 6.07 Å². The lowest BCUT2D eigenvalue weighted by atomic mass is 10.1. The molecule has 1 aliphatic rings. The molecule has 1 fully saturated rings. The number of pyridine rings is 1. The standard InChI is InChI=1S/C24H23FN4O3.C2H2O4/c25-22-9-2-1-5-19(22)17-32-21-8-3-6-18(15-21)23(30)28-11-13-29(14-12-28)24(31)27-20-7-4-10-26-16-20;3-1(4)2(5)6/h1-10,15-16H,11-14,17H2,(H,27,31);(H,3,4)(H,5,6). The molecule has 3 aromatic rings. The smallest absolute Gasteiger partial charge is 0.414 e. The number of anilines is 1. The monoisotopic (exact) mass is 524 g/mol. The molecule has 11 nitrogen and oxygen atoms in total. The summed E-state index contributed by atoms with van der Waals surface area (Å²) in [4.78, 5) is 50.9. The first-order valence-corrected chi connectivity index (χ1v) is 11.4. The molecule has 0 aliphatic carbocycles. The fourth-order valence-corrected chi connectivity index (χ4v) is 3.43. The molecule has 0 radical (unpaired) electrons. The van der Waals surface area contributed by atoms with Crippen molar-refractivity contribution in [1.29, 1.82) is 0 Å². The highest BCUT2D eigenvalue weighted by Crippen LogP contribution is 2.18. The molecule has 3 amide bonds. The average Bonchev–Trinajstić information content (AvgIpc) is 2.93. The van der Waals surface area contributed by atoms with Crippen LogP contribution in [-0.4, -0.2) is 75.1 Å². The van der Waals surface area contributed by atoms with Gasteiger partial charge in [0.1, 0.15) is 18.2 Å². The fraction of sp³-hybridized carbons (Fsp3) is 0.192. The second-order valence-corrected chi connectivity index (χ2v) is 7.97. The topological polar surface area (TPSA) is 149 Å². The Kier molecular flexibility index (Phi) is 9.69. The van der Waals surface area contributed by atoms with Crippen molar-refractivity contribution in [2.45, 2.75) is 6.61 Å². The van der Waals surface area contributed by atoms with Gasteiger partial charge in [0.25, 0.3) is 5.91 Å². The third-order valence-corrected chi connectivity index (χ3v) is 5.38. The van der Waals surface area contributed by atoms with Crippen LogP contribution >= 0.6 is 0 Å². The lowest BCUT2D eigenvalue weighted by Crippen LogP contribution is -2.51. The van der Waals surface area contributed by atoms with Crippen LogP contribution in [0.4, 0.5) is 14.9 Å². The summed E-state index contributed by atoms with van der Waals surface area (Å²) in [6.07, 6.45) is 3.22. The summed E-state index contributed by atoms with van der Waals surface area (Å²) < 4.78 is 19.5. The van der Waals surface area contributed by atoms with Crippen LogP contribution in [0.2, 0.25) is 0 Å². The number of carbonyl (C=O) groups is 4. The molecule has 0 bridgehead atoms. The van der Waals surface area contributed by atoms with Crippen molar-refractivity contribution in [3.05, 3.63) is 90.0 Å². The van der Waals surface area contributed by atoms with Gasteiger partial charge in [0.2, 0.25) is 0 Å². The zero-order chi connectivity index (χ0) is 27.5. The molecule has 3 N–H and O–H groups in total. The van der Waals surface area contributed by atoms with Crippen molar-refractivity contribution < 1.29 is 38.5 Å². The zero-order valence-corrected chi connectivity index (χ0v) is 20.1. The lowest BCUT2D eigenvalue weighted by molar-refractivity contribution is -0.159. The van der Waals surface area contributed by atoms with E-state index in [-0.39, 0.29) is 24.4 Å². The molecule has 1 saturated heterocycles. The summed E-state index contributed by atoms with van der Waals surface area (Å²) in [6.45, 7) is 1.80. The Labute approximate surface area is 217 Å². The van der Waals surface area contributed by atoms with Crippen LogP contribution in [0.3, 0.4) is 0 Å². The van der Waals surface area contributed by atoms with Crippen molar-refractivity contribution in [3.63, 3.8) is 0 Å². The van der Waals surface area contributed by atoms with Crippen LogP contribution in [-0.2, 0) is 16.2 Å². The lowest BCUT2D eigenvalue weighted by Gasteiger charge is -2.34. The van der Waals surface area contributed by atoms with Gasteiger partial charge >= 0.3 is 18.0 Å². The van der Waals surface area contributed by atoms with Crippen molar-refractivity contribution in [1.82, 2.24) is 14.8 Å². The molecule has 0 spiro atoms. The fourth-order valence-electron chi connectivity index (χ4n) is 3.43. The number of hydrogen-bond acceptors (Lipinski definition) is 6. The van der Waals surface area contributed by atoms with Gasteiger partial charge in [-0.3, -0.25) is 9.78 Å². The Morgan fingerprint density at radius 2 is 1.58 bits per heavy atom. The van der Waals surface area contributed by atoms with Gasteiger partial charge in [-0.15, -0.1) is 0 Å². The number of aliphatic carboxylic acids is 2. The maximum atomic E-state index is 13.8. The molecule has 12 heteroatoms. The normalized spacial score (nSPS) is 12.6. The summed E-state index contributed by atoms with van der Waals surface area (Å²) >= 11 is 0. The quantitative estimate of drug-likeness (QED) is 0.431. The van der Waals surface area contributed by atoms with Crippen LogP contribution in [0.15, 0.2) is 73.1 Å². The predicted molar refractivity (Wildman–Crippen MR) is 133 cm³/mol.